The third kappa shape index (κ3) is 4.58. The van der Waals surface area contributed by atoms with Gasteiger partial charge in [0.05, 0.1) is 12.2 Å². The average Bonchev–Trinajstić information content (AvgIpc) is 2.58. The summed E-state index contributed by atoms with van der Waals surface area (Å²) in [5.41, 5.74) is 3.35. The standard InChI is InChI=1S/C21H26N4O2/c1-21(2,3)23-19(26)22-17-10-11-18-16(12-17)14-24(4)20(27)25(18)13-15-8-6-5-7-9-15/h5-12H,13-14H2,1-4H3,(H2,22,23,26). The molecular formula is C21H26N4O2. The molecule has 0 unspecified atom stereocenters. The third-order valence-electron chi connectivity index (χ3n) is 4.27. The van der Waals surface area contributed by atoms with Gasteiger partial charge in [-0.2, -0.15) is 0 Å². The summed E-state index contributed by atoms with van der Waals surface area (Å²) >= 11 is 0. The van der Waals surface area contributed by atoms with Crippen LogP contribution in [0.2, 0.25) is 0 Å². The summed E-state index contributed by atoms with van der Waals surface area (Å²) in [4.78, 5) is 28.3. The van der Waals surface area contributed by atoms with Crippen LogP contribution in [0, 0.1) is 0 Å². The molecule has 4 amide bonds. The van der Waals surface area contributed by atoms with Gasteiger partial charge in [-0.15, -0.1) is 0 Å². The second kappa shape index (κ2) is 7.31. The number of urea groups is 2. The normalized spacial score (nSPS) is 14.0. The molecule has 0 saturated heterocycles. The molecule has 0 radical (unpaired) electrons. The monoisotopic (exact) mass is 366 g/mol. The highest BCUT2D eigenvalue weighted by Crippen LogP contribution is 2.31. The first kappa shape index (κ1) is 18.8. The van der Waals surface area contributed by atoms with Gasteiger partial charge >= 0.3 is 12.1 Å². The van der Waals surface area contributed by atoms with E-state index in [1.807, 2.05) is 69.3 Å². The number of anilines is 2. The van der Waals surface area contributed by atoms with Gasteiger partial charge in [0.1, 0.15) is 0 Å². The maximum absolute atomic E-state index is 12.7. The minimum absolute atomic E-state index is 0.0301. The number of hydrogen-bond acceptors (Lipinski definition) is 2. The molecule has 27 heavy (non-hydrogen) atoms. The Kier molecular flexibility index (Phi) is 5.08. The number of rotatable bonds is 3. The largest absolute Gasteiger partial charge is 0.333 e. The number of nitrogens with zero attached hydrogens (tertiary/aromatic N) is 2. The highest BCUT2D eigenvalue weighted by atomic mass is 16.2. The Labute approximate surface area is 160 Å². The number of benzene rings is 2. The van der Waals surface area contributed by atoms with Crippen LogP contribution in [0.1, 0.15) is 31.9 Å². The molecule has 0 saturated carbocycles. The maximum atomic E-state index is 12.7. The number of carbonyl (C=O) groups excluding carboxylic acids is 2. The van der Waals surface area contributed by atoms with Gasteiger partial charge in [0.2, 0.25) is 0 Å². The number of amides is 4. The van der Waals surface area contributed by atoms with Gasteiger partial charge in [0.15, 0.2) is 0 Å². The van der Waals surface area contributed by atoms with E-state index in [9.17, 15) is 9.59 Å². The summed E-state index contributed by atoms with van der Waals surface area (Å²) in [5, 5.41) is 5.75. The smallest absolute Gasteiger partial charge is 0.324 e. The molecule has 3 rings (SSSR count). The van der Waals surface area contributed by atoms with Gasteiger partial charge in [0, 0.05) is 24.8 Å². The molecule has 0 fully saturated rings. The van der Waals surface area contributed by atoms with Crippen LogP contribution in [-0.4, -0.2) is 29.5 Å². The lowest BCUT2D eigenvalue weighted by Gasteiger charge is -2.35. The van der Waals surface area contributed by atoms with Gasteiger partial charge in [-0.1, -0.05) is 30.3 Å². The van der Waals surface area contributed by atoms with Crippen LogP contribution in [0.25, 0.3) is 0 Å². The number of nitrogens with one attached hydrogen (secondary N) is 2. The molecule has 6 heteroatoms. The molecule has 2 aromatic rings. The van der Waals surface area contributed by atoms with Crippen molar-refractivity contribution in [2.24, 2.45) is 0 Å². The van der Waals surface area contributed by atoms with E-state index in [2.05, 4.69) is 10.6 Å². The topological polar surface area (TPSA) is 64.7 Å². The van der Waals surface area contributed by atoms with Crippen molar-refractivity contribution in [3.8, 4) is 0 Å². The SMILES string of the molecule is CN1Cc2cc(NC(=O)NC(C)(C)C)ccc2N(Cc2ccccc2)C1=O. The van der Waals surface area contributed by atoms with Crippen molar-refractivity contribution in [1.82, 2.24) is 10.2 Å². The second-order valence-electron chi connectivity index (χ2n) is 7.88. The Bertz CT molecular complexity index is 843. The quantitative estimate of drug-likeness (QED) is 0.856. The van der Waals surface area contributed by atoms with Crippen LogP contribution >= 0.6 is 0 Å². The third-order valence-corrected chi connectivity index (χ3v) is 4.27. The fraction of sp³-hybridized carbons (Fsp3) is 0.333. The van der Waals surface area contributed by atoms with Crippen molar-refractivity contribution in [1.29, 1.82) is 0 Å². The fourth-order valence-corrected chi connectivity index (χ4v) is 3.11. The number of carbonyl (C=O) groups is 2. The molecule has 0 bridgehead atoms. The first-order chi connectivity index (χ1) is 12.7. The summed E-state index contributed by atoms with van der Waals surface area (Å²) in [5.74, 6) is 0. The Hall–Kier alpha value is -3.02. The number of hydrogen-bond donors (Lipinski definition) is 2. The Morgan fingerprint density at radius 1 is 1.11 bits per heavy atom. The zero-order chi connectivity index (χ0) is 19.6. The van der Waals surface area contributed by atoms with Crippen LogP contribution < -0.4 is 15.5 Å². The molecule has 1 aliphatic rings. The van der Waals surface area contributed by atoms with E-state index in [1.54, 1.807) is 16.8 Å². The molecule has 2 aromatic carbocycles. The van der Waals surface area contributed by atoms with Gasteiger partial charge in [-0.05, 0) is 50.1 Å². The van der Waals surface area contributed by atoms with E-state index in [0.717, 1.165) is 16.8 Å². The summed E-state index contributed by atoms with van der Waals surface area (Å²) in [7, 11) is 1.79. The van der Waals surface area contributed by atoms with Gasteiger partial charge in [0.25, 0.3) is 0 Å². The molecule has 6 nitrogen and oxygen atoms in total. The molecular weight excluding hydrogens is 340 g/mol. The Balaban J connectivity index is 1.83. The van der Waals surface area contributed by atoms with Crippen molar-refractivity contribution >= 4 is 23.4 Å². The van der Waals surface area contributed by atoms with Gasteiger partial charge in [-0.3, -0.25) is 4.90 Å². The zero-order valence-corrected chi connectivity index (χ0v) is 16.2. The lowest BCUT2D eigenvalue weighted by Crippen LogP contribution is -2.45. The van der Waals surface area contributed by atoms with Crippen molar-refractivity contribution in [2.75, 3.05) is 17.3 Å². The highest BCUT2D eigenvalue weighted by molar-refractivity contribution is 5.96. The van der Waals surface area contributed by atoms with E-state index in [1.165, 1.54) is 0 Å². The van der Waals surface area contributed by atoms with E-state index < -0.39 is 0 Å². The molecule has 0 atom stereocenters. The predicted molar refractivity (Wildman–Crippen MR) is 108 cm³/mol. The minimum Gasteiger partial charge on any atom is -0.333 e. The van der Waals surface area contributed by atoms with Crippen LogP contribution in [-0.2, 0) is 13.1 Å². The van der Waals surface area contributed by atoms with E-state index >= 15 is 0 Å². The van der Waals surface area contributed by atoms with E-state index in [4.69, 9.17) is 0 Å². The summed E-state index contributed by atoms with van der Waals surface area (Å²) in [6.07, 6.45) is 0. The molecule has 1 heterocycles. The van der Waals surface area contributed by atoms with E-state index in [-0.39, 0.29) is 17.6 Å². The Morgan fingerprint density at radius 2 is 1.81 bits per heavy atom. The first-order valence-electron chi connectivity index (χ1n) is 9.01. The lowest BCUT2D eigenvalue weighted by molar-refractivity contribution is 0.210. The fourth-order valence-electron chi connectivity index (χ4n) is 3.11. The molecule has 0 aliphatic carbocycles. The van der Waals surface area contributed by atoms with Crippen LogP contribution in [0.4, 0.5) is 21.0 Å². The highest BCUT2D eigenvalue weighted by Gasteiger charge is 2.28. The summed E-state index contributed by atoms with van der Waals surface area (Å²) in [6, 6.07) is 15.3. The van der Waals surface area contributed by atoms with E-state index in [0.29, 0.717) is 18.8 Å². The van der Waals surface area contributed by atoms with Crippen molar-refractivity contribution in [3.63, 3.8) is 0 Å². The molecule has 1 aliphatic heterocycles. The zero-order valence-electron chi connectivity index (χ0n) is 16.2. The molecule has 2 N–H and O–H groups in total. The van der Waals surface area contributed by atoms with Gasteiger partial charge in [-0.25, -0.2) is 9.59 Å². The molecule has 142 valence electrons. The molecule has 0 spiro atoms. The van der Waals surface area contributed by atoms with Crippen LogP contribution in [0.5, 0.6) is 0 Å². The average molecular weight is 366 g/mol. The Morgan fingerprint density at radius 3 is 2.48 bits per heavy atom. The van der Waals surface area contributed by atoms with Crippen molar-refractivity contribution in [2.45, 2.75) is 39.4 Å². The lowest BCUT2D eigenvalue weighted by atomic mass is 10.1. The van der Waals surface area contributed by atoms with Crippen molar-refractivity contribution < 1.29 is 9.59 Å². The predicted octanol–water partition coefficient (Wildman–Crippen LogP) is 4.18. The number of fused-ring (bicyclic) bond motifs is 1. The summed E-state index contributed by atoms with van der Waals surface area (Å²) in [6.45, 7) is 6.81. The van der Waals surface area contributed by atoms with Crippen LogP contribution in [0.15, 0.2) is 48.5 Å². The molecule has 0 aromatic heterocycles. The minimum atomic E-state index is -0.308. The van der Waals surface area contributed by atoms with Crippen molar-refractivity contribution in [3.05, 3.63) is 59.7 Å². The summed E-state index contributed by atoms with van der Waals surface area (Å²) < 4.78 is 0. The second-order valence-corrected chi connectivity index (χ2v) is 7.88. The maximum Gasteiger partial charge on any atom is 0.324 e. The van der Waals surface area contributed by atoms with Gasteiger partial charge < -0.3 is 15.5 Å². The van der Waals surface area contributed by atoms with Crippen LogP contribution in [0.3, 0.4) is 0 Å². The first-order valence-corrected chi connectivity index (χ1v) is 9.01.